The molecule has 1 aromatic heterocycles. The van der Waals surface area contributed by atoms with Crippen LogP contribution in [0, 0.1) is 11.3 Å². The zero-order valence-electron chi connectivity index (χ0n) is 18.1. The van der Waals surface area contributed by atoms with Gasteiger partial charge in [-0.2, -0.15) is 5.26 Å². The Hall–Kier alpha value is -3.05. The Morgan fingerprint density at radius 2 is 2.13 bits per heavy atom. The third kappa shape index (κ3) is 5.74. The average Bonchev–Trinajstić information content (AvgIpc) is 3.56. The van der Waals surface area contributed by atoms with Crippen LogP contribution in [0.1, 0.15) is 39.2 Å². The van der Waals surface area contributed by atoms with Gasteiger partial charge in [0.25, 0.3) is 0 Å². The third-order valence-electron chi connectivity index (χ3n) is 5.53. The van der Waals surface area contributed by atoms with Gasteiger partial charge in [-0.25, -0.2) is 4.98 Å². The van der Waals surface area contributed by atoms with Gasteiger partial charge in [0.2, 0.25) is 5.91 Å². The number of hydrogen-bond donors (Lipinski definition) is 3. The standard InChI is InChI=1S/C22H33N7O/c1-4-28(21(30)15-27-22(10-11-22)19(25)7-6-12-23)16-17(3)29(5-2)20-9-8-18(13-24)14-26-20/h6-9,12,14,17,27H,4-5,10-11,15-16,23,25H2,1-3H3/b12-6-,19-7-. The van der Waals surface area contributed by atoms with Crippen LogP contribution in [0.4, 0.5) is 5.82 Å². The van der Waals surface area contributed by atoms with Crippen molar-refractivity contribution in [3.05, 3.63) is 47.9 Å². The van der Waals surface area contributed by atoms with Crippen molar-refractivity contribution in [2.75, 3.05) is 31.1 Å². The number of aromatic nitrogens is 1. The molecule has 1 aliphatic rings. The number of carbonyl (C=O) groups excluding carboxylic acids is 1. The normalized spacial score (nSPS) is 16.1. The van der Waals surface area contributed by atoms with Gasteiger partial charge in [0.15, 0.2) is 0 Å². The molecule has 1 saturated carbocycles. The largest absolute Gasteiger partial charge is 0.405 e. The molecule has 0 saturated heterocycles. The average molecular weight is 412 g/mol. The number of nitriles is 1. The van der Waals surface area contributed by atoms with Gasteiger partial charge < -0.3 is 21.3 Å². The first kappa shape index (κ1) is 23.2. The molecule has 162 valence electrons. The van der Waals surface area contributed by atoms with Gasteiger partial charge in [0.1, 0.15) is 11.9 Å². The maximum absolute atomic E-state index is 12.9. The summed E-state index contributed by atoms with van der Waals surface area (Å²) >= 11 is 0. The van der Waals surface area contributed by atoms with Gasteiger partial charge >= 0.3 is 0 Å². The molecule has 0 aliphatic heterocycles. The number of likely N-dealkylation sites (N-methyl/N-ethyl adjacent to an activating group) is 2. The molecule has 2 rings (SSSR count). The van der Waals surface area contributed by atoms with Crippen LogP contribution >= 0.6 is 0 Å². The van der Waals surface area contributed by atoms with Gasteiger partial charge in [-0.15, -0.1) is 0 Å². The van der Waals surface area contributed by atoms with Crippen molar-refractivity contribution in [2.45, 2.75) is 45.2 Å². The lowest BCUT2D eigenvalue weighted by Gasteiger charge is -2.33. The summed E-state index contributed by atoms with van der Waals surface area (Å²) in [6.07, 6.45) is 8.33. The minimum Gasteiger partial charge on any atom is -0.405 e. The second-order valence-electron chi connectivity index (χ2n) is 7.53. The lowest BCUT2D eigenvalue weighted by atomic mass is 10.1. The van der Waals surface area contributed by atoms with Crippen LogP contribution in [0.15, 0.2) is 42.4 Å². The molecule has 8 nitrogen and oxygen atoms in total. The third-order valence-corrected chi connectivity index (χ3v) is 5.53. The summed E-state index contributed by atoms with van der Waals surface area (Å²) in [7, 11) is 0. The summed E-state index contributed by atoms with van der Waals surface area (Å²) in [6, 6.07) is 5.77. The van der Waals surface area contributed by atoms with Crippen LogP contribution in [0.2, 0.25) is 0 Å². The fraction of sp³-hybridized carbons (Fsp3) is 0.500. The topological polar surface area (TPSA) is 124 Å². The van der Waals surface area contributed by atoms with Crippen molar-refractivity contribution >= 4 is 11.7 Å². The Bertz CT molecular complexity index is 806. The maximum Gasteiger partial charge on any atom is 0.236 e. The monoisotopic (exact) mass is 411 g/mol. The Morgan fingerprint density at radius 1 is 1.40 bits per heavy atom. The highest BCUT2D eigenvalue weighted by Crippen LogP contribution is 2.39. The Labute approximate surface area is 179 Å². The van der Waals surface area contributed by atoms with Crippen LogP contribution in [0.3, 0.4) is 0 Å². The summed E-state index contributed by atoms with van der Waals surface area (Å²) < 4.78 is 0. The second-order valence-corrected chi connectivity index (χ2v) is 7.53. The number of carbonyl (C=O) groups is 1. The molecular weight excluding hydrogens is 378 g/mol. The van der Waals surface area contributed by atoms with Crippen LogP contribution in [-0.2, 0) is 4.79 Å². The summed E-state index contributed by atoms with van der Waals surface area (Å²) in [4.78, 5) is 21.2. The molecule has 1 aromatic rings. The minimum atomic E-state index is -0.290. The predicted molar refractivity (Wildman–Crippen MR) is 119 cm³/mol. The highest BCUT2D eigenvalue weighted by atomic mass is 16.2. The van der Waals surface area contributed by atoms with E-state index in [1.54, 1.807) is 24.4 Å². The van der Waals surface area contributed by atoms with Crippen LogP contribution < -0.4 is 21.7 Å². The molecule has 1 heterocycles. The van der Waals surface area contributed by atoms with Gasteiger partial charge in [-0.1, -0.05) is 0 Å². The van der Waals surface area contributed by atoms with Crippen molar-refractivity contribution in [3.63, 3.8) is 0 Å². The van der Waals surface area contributed by atoms with Crippen LogP contribution in [0.5, 0.6) is 0 Å². The molecule has 1 atom stereocenters. The quantitative estimate of drug-likeness (QED) is 0.471. The SMILES string of the molecule is CCN(CC(C)N(CC)c1ccc(C#N)cn1)C(=O)CNC1(/C(N)=C/C=C\N)CC1. The molecular formula is C22H33N7O. The van der Waals surface area contributed by atoms with Crippen LogP contribution in [-0.4, -0.2) is 53.6 Å². The number of pyridine rings is 1. The molecule has 1 aliphatic carbocycles. The van der Waals surface area contributed by atoms with Gasteiger partial charge in [0.05, 0.1) is 17.6 Å². The number of anilines is 1. The molecule has 0 bridgehead atoms. The lowest BCUT2D eigenvalue weighted by molar-refractivity contribution is -0.130. The number of hydrogen-bond acceptors (Lipinski definition) is 7. The second kappa shape index (κ2) is 10.6. The van der Waals surface area contributed by atoms with Crippen molar-refractivity contribution in [2.24, 2.45) is 11.5 Å². The Kier molecular flexibility index (Phi) is 8.25. The number of allylic oxidation sites excluding steroid dienone is 2. The van der Waals surface area contributed by atoms with Crippen LogP contribution in [0.25, 0.3) is 0 Å². The summed E-state index contributed by atoms with van der Waals surface area (Å²) in [5, 5.41) is 12.3. The van der Waals surface area contributed by atoms with E-state index in [-0.39, 0.29) is 24.0 Å². The smallest absolute Gasteiger partial charge is 0.236 e. The minimum absolute atomic E-state index is 0.0432. The molecule has 1 fully saturated rings. The molecule has 30 heavy (non-hydrogen) atoms. The summed E-state index contributed by atoms with van der Waals surface area (Å²) in [5.74, 6) is 0.843. The van der Waals surface area contributed by atoms with Crippen molar-refractivity contribution in [3.8, 4) is 6.07 Å². The number of nitrogens with zero attached hydrogens (tertiary/aromatic N) is 4. The fourth-order valence-corrected chi connectivity index (χ4v) is 3.51. The predicted octanol–water partition coefficient (Wildman–Crippen LogP) is 1.45. The first-order valence-corrected chi connectivity index (χ1v) is 10.4. The van der Waals surface area contributed by atoms with E-state index in [2.05, 4.69) is 35.1 Å². The van der Waals surface area contributed by atoms with E-state index in [0.717, 1.165) is 25.2 Å². The molecule has 0 radical (unpaired) electrons. The highest BCUT2D eigenvalue weighted by Gasteiger charge is 2.45. The number of amides is 1. The molecule has 1 amide bonds. The van der Waals surface area contributed by atoms with Gasteiger partial charge in [-0.05, 0) is 64.1 Å². The van der Waals surface area contributed by atoms with E-state index in [0.29, 0.717) is 24.4 Å². The number of rotatable bonds is 11. The maximum atomic E-state index is 12.9. The molecule has 5 N–H and O–H groups in total. The number of nitrogens with two attached hydrogens (primary N) is 2. The highest BCUT2D eigenvalue weighted by molar-refractivity contribution is 5.78. The van der Waals surface area contributed by atoms with E-state index in [1.807, 2.05) is 17.9 Å². The van der Waals surface area contributed by atoms with E-state index in [4.69, 9.17) is 16.7 Å². The lowest BCUT2D eigenvalue weighted by Crippen LogP contribution is -2.49. The first-order chi connectivity index (χ1) is 14.4. The first-order valence-electron chi connectivity index (χ1n) is 10.4. The van der Waals surface area contributed by atoms with E-state index in [1.165, 1.54) is 6.20 Å². The molecule has 0 aromatic carbocycles. The van der Waals surface area contributed by atoms with Crippen molar-refractivity contribution < 1.29 is 4.79 Å². The van der Waals surface area contributed by atoms with Gasteiger partial charge in [0, 0.05) is 37.6 Å². The molecule has 8 heteroatoms. The van der Waals surface area contributed by atoms with E-state index in [9.17, 15) is 4.79 Å². The fourth-order valence-electron chi connectivity index (χ4n) is 3.51. The zero-order chi connectivity index (χ0) is 22.1. The van der Waals surface area contributed by atoms with Crippen molar-refractivity contribution in [1.82, 2.24) is 15.2 Å². The van der Waals surface area contributed by atoms with Crippen molar-refractivity contribution in [1.29, 1.82) is 5.26 Å². The summed E-state index contributed by atoms with van der Waals surface area (Å²) in [6.45, 7) is 8.31. The molecule has 0 spiro atoms. The Balaban J connectivity index is 1.97. The Morgan fingerprint density at radius 3 is 2.63 bits per heavy atom. The van der Waals surface area contributed by atoms with E-state index >= 15 is 0 Å². The zero-order valence-corrected chi connectivity index (χ0v) is 18.1. The molecule has 1 unspecified atom stereocenters. The number of nitrogens with one attached hydrogen (secondary N) is 1. The summed E-state index contributed by atoms with van der Waals surface area (Å²) in [5.41, 5.74) is 12.5. The van der Waals surface area contributed by atoms with E-state index < -0.39 is 0 Å². The van der Waals surface area contributed by atoms with Gasteiger partial charge in [-0.3, -0.25) is 10.1 Å².